The topological polar surface area (TPSA) is 12.0 Å². The number of benzene rings is 1. The molecular formula is C15H24FN. The second kappa shape index (κ2) is 5.63. The van der Waals surface area contributed by atoms with Crippen LogP contribution >= 0.6 is 0 Å². The van der Waals surface area contributed by atoms with Gasteiger partial charge in [-0.05, 0) is 37.8 Å². The van der Waals surface area contributed by atoms with Crippen molar-refractivity contribution in [3.05, 3.63) is 35.4 Å². The monoisotopic (exact) mass is 237 g/mol. The largest absolute Gasteiger partial charge is 0.309 e. The lowest BCUT2D eigenvalue weighted by atomic mass is 10.00. The summed E-state index contributed by atoms with van der Waals surface area (Å²) in [6.45, 7) is 10.8. The summed E-state index contributed by atoms with van der Waals surface area (Å²) in [5.41, 5.74) is 1.97. The van der Waals surface area contributed by atoms with Crippen LogP contribution in [0.1, 0.15) is 57.8 Å². The van der Waals surface area contributed by atoms with Crippen LogP contribution in [0.25, 0.3) is 0 Å². The second-order valence-corrected chi connectivity index (χ2v) is 5.92. The lowest BCUT2D eigenvalue weighted by Crippen LogP contribution is -2.37. The Hall–Kier alpha value is -0.890. The molecule has 0 aliphatic rings. The van der Waals surface area contributed by atoms with E-state index in [-0.39, 0.29) is 5.54 Å². The molecule has 0 fully saturated rings. The summed E-state index contributed by atoms with van der Waals surface area (Å²) in [7, 11) is 0. The van der Waals surface area contributed by atoms with Crippen molar-refractivity contribution in [1.82, 2.24) is 5.32 Å². The minimum atomic E-state index is -0.935. The zero-order chi connectivity index (χ0) is 13.1. The predicted octanol–water partition coefficient (Wildman–Crippen LogP) is 4.21. The van der Waals surface area contributed by atoms with Crippen molar-refractivity contribution >= 4 is 0 Å². The molecule has 0 amide bonds. The predicted molar refractivity (Wildman–Crippen MR) is 72.1 cm³/mol. The summed E-state index contributed by atoms with van der Waals surface area (Å²) >= 11 is 0. The molecule has 1 unspecified atom stereocenters. The first-order valence-corrected chi connectivity index (χ1v) is 6.28. The van der Waals surface area contributed by atoms with Gasteiger partial charge < -0.3 is 5.32 Å². The molecule has 0 spiro atoms. The zero-order valence-corrected chi connectivity index (χ0v) is 11.5. The number of halogens is 1. The Kier molecular flexibility index (Phi) is 4.70. The summed E-state index contributed by atoms with van der Waals surface area (Å²) in [5.74, 6) is 0.495. The van der Waals surface area contributed by atoms with Gasteiger partial charge in [0.2, 0.25) is 0 Å². The van der Waals surface area contributed by atoms with Crippen LogP contribution in [0.3, 0.4) is 0 Å². The van der Waals surface area contributed by atoms with Crippen molar-refractivity contribution in [1.29, 1.82) is 0 Å². The molecule has 0 aliphatic carbocycles. The third-order valence-corrected chi connectivity index (χ3v) is 2.78. The molecule has 0 saturated carbocycles. The first-order valence-electron chi connectivity index (χ1n) is 6.28. The Morgan fingerprint density at radius 3 is 1.94 bits per heavy atom. The van der Waals surface area contributed by atoms with Gasteiger partial charge in [-0.15, -0.1) is 0 Å². The van der Waals surface area contributed by atoms with Crippen LogP contribution < -0.4 is 5.32 Å². The van der Waals surface area contributed by atoms with Gasteiger partial charge in [0.05, 0.1) is 0 Å². The highest BCUT2D eigenvalue weighted by molar-refractivity contribution is 5.26. The van der Waals surface area contributed by atoms with E-state index in [1.165, 1.54) is 5.56 Å². The van der Waals surface area contributed by atoms with Crippen molar-refractivity contribution in [2.45, 2.75) is 52.2 Å². The highest BCUT2D eigenvalue weighted by Gasteiger charge is 2.14. The van der Waals surface area contributed by atoms with Crippen LogP contribution in [0.5, 0.6) is 0 Å². The van der Waals surface area contributed by atoms with E-state index in [0.29, 0.717) is 12.5 Å². The van der Waals surface area contributed by atoms with Gasteiger partial charge in [0.25, 0.3) is 0 Å². The quantitative estimate of drug-likeness (QED) is 0.827. The third-order valence-electron chi connectivity index (χ3n) is 2.78. The van der Waals surface area contributed by atoms with E-state index in [1.54, 1.807) is 0 Å². The van der Waals surface area contributed by atoms with Crippen LogP contribution in [-0.2, 0) is 0 Å². The lowest BCUT2D eigenvalue weighted by molar-refractivity contribution is 0.291. The standard InChI is InChI=1S/C15H24FN/c1-11(2)12-6-8-13(9-7-12)14(16)10-17-15(3,4)5/h6-9,11,14,17H,10H2,1-5H3. The molecule has 1 nitrogen and oxygen atoms in total. The number of nitrogens with one attached hydrogen (secondary N) is 1. The summed E-state index contributed by atoms with van der Waals surface area (Å²) in [4.78, 5) is 0. The number of alkyl halides is 1. The van der Waals surface area contributed by atoms with E-state index in [1.807, 2.05) is 45.0 Å². The maximum absolute atomic E-state index is 13.9. The summed E-state index contributed by atoms with van der Waals surface area (Å²) in [6.07, 6.45) is -0.935. The molecule has 17 heavy (non-hydrogen) atoms. The van der Waals surface area contributed by atoms with E-state index in [9.17, 15) is 4.39 Å². The molecule has 96 valence electrons. The van der Waals surface area contributed by atoms with E-state index in [4.69, 9.17) is 0 Å². The van der Waals surface area contributed by atoms with Crippen molar-refractivity contribution in [3.8, 4) is 0 Å². The SMILES string of the molecule is CC(C)c1ccc(C(F)CNC(C)(C)C)cc1. The Balaban J connectivity index is 2.60. The summed E-state index contributed by atoms with van der Waals surface area (Å²) < 4.78 is 13.9. The van der Waals surface area contributed by atoms with Crippen LogP contribution in [-0.4, -0.2) is 12.1 Å². The van der Waals surface area contributed by atoms with Crippen LogP contribution in [0.4, 0.5) is 4.39 Å². The highest BCUT2D eigenvalue weighted by atomic mass is 19.1. The zero-order valence-electron chi connectivity index (χ0n) is 11.5. The van der Waals surface area contributed by atoms with Gasteiger partial charge in [-0.3, -0.25) is 0 Å². The Labute approximate surface area is 104 Å². The second-order valence-electron chi connectivity index (χ2n) is 5.92. The fourth-order valence-electron chi connectivity index (χ4n) is 1.60. The smallest absolute Gasteiger partial charge is 0.138 e. The molecular weight excluding hydrogens is 213 g/mol. The lowest BCUT2D eigenvalue weighted by Gasteiger charge is -2.22. The van der Waals surface area contributed by atoms with Gasteiger partial charge in [-0.25, -0.2) is 4.39 Å². The summed E-state index contributed by atoms with van der Waals surface area (Å²) in [5, 5.41) is 3.18. The van der Waals surface area contributed by atoms with Crippen molar-refractivity contribution in [2.24, 2.45) is 0 Å². The van der Waals surface area contributed by atoms with Gasteiger partial charge in [0.15, 0.2) is 0 Å². The Bertz CT molecular complexity index is 335. The number of hydrogen-bond acceptors (Lipinski definition) is 1. The molecule has 0 bridgehead atoms. The van der Waals surface area contributed by atoms with Gasteiger partial charge in [-0.2, -0.15) is 0 Å². The fraction of sp³-hybridized carbons (Fsp3) is 0.600. The number of rotatable bonds is 4. The molecule has 1 aromatic rings. The van der Waals surface area contributed by atoms with Crippen LogP contribution in [0.2, 0.25) is 0 Å². The molecule has 0 aromatic heterocycles. The molecule has 1 N–H and O–H groups in total. The molecule has 0 heterocycles. The molecule has 1 rings (SSSR count). The number of hydrogen-bond donors (Lipinski definition) is 1. The fourth-order valence-corrected chi connectivity index (χ4v) is 1.60. The average Bonchev–Trinajstić information content (AvgIpc) is 2.25. The van der Waals surface area contributed by atoms with Crippen molar-refractivity contribution < 1.29 is 4.39 Å². The molecule has 0 aliphatic heterocycles. The van der Waals surface area contributed by atoms with E-state index < -0.39 is 6.17 Å². The van der Waals surface area contributed by atoms with E-state index >= 15 is 0 Å². The molecule has 1 aromatic carbocycles. The first kappa shape index (κ1) is 14.2. The first-order chi connectivity index (χ1) is 7.79. The highest BCUT2D eigenvalue weighted by Crippen LogP contribution is 2.21. The van der Waals surface area contributed by atoms with Gasteiger partial charge in [-0.1, -0.05) is 38.1 Å². The third kappa shape index (κ3) is 4.86. The van der Waals surface area contributed by atoms with Gasteiger partial charge in [0.1, 0.15) is 6.17 Å². The normalized spacial score (nSPS) is 14.1. The van der Waals surface area contributed by atoms with Crippen LogP contribution in [0.15, 0.2) is 24.3 Å². The van der Waals surface area contributed by atoms with E-state index in [2.05, 4.69) is 19.2 Å². The minimum absolute atomic E-state index is 0.0395. The van der Waals surface area contributed by atoms with Crippen LogP contribution in [0, 0.1) is 0 Å². The maximum atomic E-state index is 13.9. The minimum Gasteiger partial charge on any atom is -0.309 e. The van der Waals surface area contributed by atoms with Gasteiger partial charge in [0, 0.05) is 12.1 Å². The Morgan fingerprint density at radius 2 is 1.53 bits per heavy atom. The van der Waals surface area contributed by atoms with Crippen molar-refractivity contribution in [3.63, 3.8) is 0 Å². The Morgan fingerprint density at radius 1 is 1.06 bits per heavy atom. The maximum Gasteiger partial charge on any atom is 0.138 e. The van der Waals surface area contributed by atoms with Crippen molar-refractivity contribution in [2.75, 3.05) is 6.54 Å². The van der Waals surface area contributed by atoms with E-state index in [0.717, 1.165) is 5.56 Å². The average molecular weight is 237 g/mol. The molecule has 0 radical (unpaired) electrons. The van der Waals surface area contributed by atoms with Gasteiger partial charge >= 0.3 is 0 Å². The molecule has 0 saturated heterocycles. The molecule has 2 heteroatoms. The molecule has 1 atom stereocenters. The summed E-state index contributed by atoms with van der Waals surface area (Å²) in [6, 6.07) is 7.82.